The second-order valence-corrected chi connectivity index (χ2v) is 6.76. The minimum absolute atomic E-state index is 0.226. The van der Waals surface area contributed by atoms with E-state index in [-0.39, 0.29) is 19.8 Å². The highest BCUT2D eigenvalue weighted by molar-refractivity contribution is 7.18. The molecule has 1 amide bonds. The van der Waals surface area contributed by atoms with Crippen LogP contribution in [0.1, 0.15) is 10.6 Å². The van der Waals surface area contributed by atoms with Crippen molar-refractivity contribution in [1.82, 2.24) is 4.98 Å². The number of amides is 1. The lowest BCUT2D eigenvalue weighted by molar-refractivity contribution is -0.152. The number of thiazole rings is 1. The number of esters is 1. The van der Waals surface area contributed by atoms with Gasteiger partial charge in [-0.25, -0.2) is 9.78 Å². The first-order chi connectivity index (χ1) is 12.6. The van der Waals surface area contributed by atoms with E-state index in [1.165, 1.54) is 11.3 Å². The lowest BCUT2D eigenvalue weighted by atomic mass is 10.2. The zero-order valence-corrected chi connectivity index (χ0v) is 15.0. The Balaban J connectivity index is 1.38. The lowest BCUT2D eigenvalue weighted by Gasteiger charge is -2.07. The molecule has 0 atom stereocenters. The van der Waals surface area contributed by atoms with Gasteiger partial charge in [0.25, 0.3) is 5.91 Å². The first-order valence-corrected chi connectivity index (χ1v) is 8.86. The Bertz CT molecular complexity index is 890. The quantitative estimate of drug-likeness (QED) is 0.646. The van der Waals surface area contributed by atoms with Crippen molar-refractivity contribution in [2.45, 2.75) is 13.5 Å². The van der Waals surface area contributed by atoms with Crippen LogP contribution in [0.3, 0.4) is 0 Å². The number of fused-ring (bicyclic) bond motifs is 1. The van der Waals surface area contributed by atoms with Gasteiger partial charge >= 0.3 is 5.97 Å². The third kappa shape index (κ3) is 5.11. The Morgan fingerprint density at radius 3 is 2.77 bits per heavy atom. The second kappa shape index (κ2) is 8.55. The maximum Gasteiger partial charge on any atom is 0.332 e. The summed E-state index contributed by atoms with van der Waals surface area (Å²) in [5.41, 5.74) is 2.60. The number of anilines is 1. The SMILES string of the molecule is Cc1cccc(NC(=O)COC(=O)COCc2nc3ccccc3s2)c1. The summed E-state index contributed by atoms with van der Waals surface area (Å²) in [5.74, 6) is -0.986. The number of para-hydroxylation sites is 1. The normalized spacial score (nSPS) is 10.7. The minimum Gasteiger partial charge on any atom is -0.454 e. The summed E-state index contributed by atoms with van der Waals surface area (Å²) in [6.07, 6.45) is 0. The monoisotopic (exact) mass is 370 g/mol. The Morgan fingerprint density at radius 2 is 1.96 bits per heavy atom. The number of nitrogens with zero attached hydrogens (tertiary/aromatic N) is 1. The van der Waals surface area contributed by atoms with Crippen molar-refractivity contribution in [2.24, 2.45) is 0 Å². The van der Waals surface area contributed by atoms with Gasteiger partial charge in [-0.2, -0.15) is 0 Å². The van der Waals surface area contributed by atoms with E-state index in [0.717, 1.165) is 20.8 Å². The van der Waals surface area contributed by atoms with Crippen molar-refractivity contribution in [3.8, 4) is 0 Å². The summed E-state index contributed by atoms with van der Waals surface area (Å²) >= 11 is 1.52. The Hall–Kier alpha value is -2.77. The average Bonchev–Trinajstić information content (AvgIpc) is 3.03. The highest BCUT2D eigenvalue weighted by Gasteiger charge is 2.09. The van der Waals surface area contributed by atoms with Crippen LogP contribution in [0, 0.1) is 6.92 Å². The zero-order chi connectivity index (χ0) is 18.4. The number of nitrogens with one attached hydrogen (secondary N) is 1. The molecule has 0 aliphatic rings. The van der Waals surface area contributed by atoms with E-state index >= 15 is 0 Å². The van der Waals surface area contributed by atoms with Gasteiger partial charge in [0.1, 0.15) is 11.6 Å². The van der Waals surface area contributed by atoms with E-state index in [4.69, 9.17) is 9.47 Å². The van der Waals surface area contributed by atoms with Crippen molar-refractivity contribution in [3.63, 3.8) is 0 Å². The van der Waals surface area contributed by atoms with Gasteiger partial charge in [0, 0.05) is 5.69 Å². The highest BCUT2D eigenvalue weighted by Crippen LogP contribution is 2.21. The number of rotatable bonds is 7. The fraction of sp³-hybridized carbons (Fsp3) is 0.211. The Kier molecular flexibility index (Phi) is 5.93. The van der Waals surface area contributed by atoms with Crippen LogP contribution in [-0.4, -0.2) is 30.1 Å². The molecule has 0 aliphatic heterocycles. The lowest BCUT2D eigenvalue weighted by Crippen LogP contribution is -2.22. The minimum atomic E-state index is -0.592. The maximum absolute atomic E-state index is 11.8. The second-order valence-electron chi connectivity index (χ2n) is 5.65. The van der Waals surface area contributed by atoms with Crippen molar-refractivity contribution < 1.29 is 19.1 Å². The number of hydrogen-bond donors (Lipinski definition) is 1. The number of carbonyl (C=O) groups is 2. The summed E-state index contributed by atoms with van der Waals surface area (Å²) < 4.78 is 11.3. The molecule has 3 aromatic rings. The van der Waals surface area contributed by atoms with Gasteiger partial charge < -0.3 is 14.8 Å². The van der Waals surface area contributed by atoms with Gasteiger partial charge in [0.15, 0.2) is 6.61 Å². The topological polar surface area (TPSA) is 77.5 Å². The van der Waals surface area contributed by atoms with Gasteiger partial charge in [-0.15, -0.1) is 11.3 Å². The molecule has 0 bridgehead atoms. The van der Waals surface area contributed by atoms with Crippen LogP contribution in [0.4, 0.5) is 5.69 Å². The van der Waals surface area contributed by atoms with Crippen LogP contribution in [0.15, 0.2) is 48.5 Å². The number of benzene rings is 2. The number of aromatic nitrogens is 1. The summed E-state index contributed by atoms with van der Waals surface area (Å²) in [6.45, 7) is 1.58. The van der Waals surface area contributed by atoms with Gasteiger partial charge in [0.2, 0.25) is 0 Å². The van der Waals surface area contributed by atoms with Crippen LogP contribution in [-0.2, 0) is 25.7 Å². The van der Waals surface area contributed by atoms with Gasteiger partial charge in [-0.3, -0.25) is 4.79 Å². The third-order valence-electron chi connectivity index (χ3n) is 3.45. The summed E-state index contributed by atoms with van der Waals surface area (Å²) in [5, 5.41) is 3.46. The van der Waals surface area contributed by atoms with E-state index in [2.05, 4.69) is 10.3 Å². The Labute approximate surface area is 154 Å². The zero-order valence-electron chi connectivity index (χ0n) is 14.2. The molecule has 1 N–H and O–H groups in total. The van der Waals surface area contributed by atoms with Crippen LogP contribution in [0.25, 0.3) is 10.2 Å². The first-order valence-electron chi connectivity index (χ1n) is 8.04. The first kappa shape index (κ1) is 18.0. The number of aryl methyl sites for hydroxylation is 1. The fourth-order valence-corrected chi connectivity index (χ4v) is 3.22. The average molecular weight is 370 g/mol. The molecule has 0 saturated carbocycles. The molecule has 26 heavy (non-hydrogen) atoms. The maximum atomic E-state index is 11.8. The smallest absolute Gasteiger partial charge is 0.332 e. The van der Waals surface area contributed by atoms with Crippen molar-refractivity contribution in [3.05, 3.63) is 59.1 Å². The van der Waals surface area contributed by atoms with Crippen LogP contribution in [0.5, 0.6) is 0 Å². The predicted octanol–water partition coefficient (Wildman–Crippen LogP) is 3.30. The van der Waals surface area contributed by atoms with Gasteiger partial charge in [0.05, 0.1) is 16.8 Å². The van der Waals surface area contributed by atoms with Crippen LogP contribution < -0.4 is 5.32 Å². The fourth-order valence-electron chi connectivity index (χ4n) is 2.31. The molecule has 0 aliphatic carbocycles. The van der Waals surface area contributed by atoms with E-state index in [1.54, 1.807) is 6.07 Å². The van der Waals surface area contributed by atoms with Crippen molar-refractivity contribution in [2.75, 3.05) is 18.5 Å². The molecule has 0 saturated heterocycles. The van der Waals surface area contributed by atoms with Crippen molar-refractivity contribution in [1.29, 1.82) is 0 Å². The molecule has 0 spiro atoms. The summed E-state index contributed by atoms with van der Waals surface area (Å²) in [4.78, 5) is 27.9. The molecule has 1 aromatic heterocycles. The third-order valence-corrected chi connectivity index (χ3v) is 4.46. The van der Waals surface area contributed by atoms with E-state index in [9.17, 15) is 9.59 Å². The number of ether oxygens (including phenoxy) is 2. The van der Waals surface area contributed by atoms with Crippen LogP contribution in [0.2, 0.25) is 0 Å². The van der Waals surface area contributed by atoms with Gasteiger partial charge in [-0.1, -0.05) is 24.3 Å². The molecule has 0 fully saturated rings. The molecule has 0 radical (unpaired) electrons. The summed E-state index contributed by atoms with van der Waals surface area (Å²) in [7, 11) is 0. The molecular formula is C19H18N2O4S. The molecule has 0 unspecified atom stereocenters. The van der Waals surface area contributed by atoms with Gasteiger partial charge in [-0.05, 0) is 36.8 Å². The molecule has 134 valence electrons. The molecule has 2 aromatic carbocycles. The van der Waals surface area contributed by atoms with E-state index in [0.29, 0.717) is 5.69 Å². The molecule has 1 heterocycles. The largest absolute Gasteiger partial charge is 0.454 e. The number of hydrogen-bond acceptors (Lipinski definition) is 6. The van der Waals surface area contributed by atoms with E-state index in [1.807, 2.05) is 49.4 Å². The van der Waals surface area contributed by atoms with E-state index < -0.39 is 11.9 Å². The van der Waals surface area contributed by atoms with Crippen molar-refractivity contribution >= 4 is 39.1 Å². The highest BCUT2D eigenvalue weighted by atomic mass is 32.1. The molecule has 3 rings (SSSR count). The molecule has 7 heteroatoms. The number of carbonyl (C=O) groups excluding carboxylic acids is 2. The summed E-state index contributed by atoms with van der Waals surface area (Å²) in [6, 6.07) is 15.2. The molecular weight excluding hydrogens is 352 g/mol. The standard InChI is InChI=1S/C19H18N2O4S/c1-13-5-4-6-14(9-13)20-17(22)10-25-19(23)12-24-11-18-21-15-7-2-3-8-16(15)26-18/h2-9H,10-12H2,1H3,(H,20,22). The van der Waals surface area contributed by atoms with Crippen LogP contribution >= 0.6 is 11.3 Å². The molecule has 6 nitrogen and oxygen atoms in total. The predicted molar refractivity (Wildman–Crippen MR) is 100 cm³/mol. The Morgan fingerprint density at radius 1 is 1.12 bits per heavy atom.